The minimum absolute atomic E-state index is 0.121. The van der Waals surface area contributed by atoms with Crippen molar-refractivity contribution in [2.75, 3.05) is 12.8 Å². The highest BCUT2D eigenvalue weighted by Gasteiger charge is 2.13. The van der Waals surface area contributed by atoms with Gasteiger partial charge < -0.3 is 15.0 Å². The number of methoxy groups -OCH3 is 1. The Balaban J connectivity index is 1.98. The first kappa shape index (κ1) is 13.1. The molecule has 0 fully saturated rings. The van der Waals surface area contributed by atoms with E-state index >= 15 is 0 Å². The van der Waals surface area contributed by atoms with Gasteiger partial charge in [0.1, 0.15) is 0 Å². The summed E-state index contributed by atoms with van der Waals surface area (Å²) in [5.74, 6) is 0.374. The Morgan fingerprint density at radius 2 is 2.00 bits per heavy atom. The summed E-state index contributed by atoms with van der Waals surface area (Å²) in [6, 6.07) is 11.5. The summed E-state index contributed by atoms with van der Waals surface area (Å²) in [7, 11) is 1.40. The lowest BCUT2D eigenvalue weighted by atomic mass is 10.2. The standard InChI is InChI=1S/C15H12FN3O2/c1-20-13-8-10(5-6-12(13)16)15-18-14(19-21-15)9-3-2-4-11(17)7-9/h2-8H,17H2,1H3. The minimum atomic E-state index is -0.447. The number of benzene rings is 2. The number of nitrogen functional groups attached to an aromatic ring is 1. The van der Waals surface area contributed by atoms with E-state index in [0.29, 0.717) is 17.1 Å². The maximum atomic E-state index is 13.4. The van der Waals surface area contributed by atoms with Gasteiger partial charge in [0.05, 0.1) is 7.11 Å². The minimum Gasteiger partial charge on any atom is -0.494 e. The SMILES string of the molecule is COc1cc(-c2nc(-c3cccc(N)c3)no2)ccc1F. The van der Waals surface area contributed by atoms with Crippen LogP contribution < -0.4 is 10.5 Å². The molecule has 1 aromatic heterocycles. The van der Waals surface area contributed by atoms with Crippen molar-refractivity contribution in [2.45, 2.75) is 0 Å². The predicted molar refractivity (Wildman–Crippen MR) is 76.1 cm³/mol. The normalized spacial score (nSPS) is 10.6. The second kappa shape index (κ2) is 5.24. The first-order valence-electron chi connectivity index (χ1n) is 6.21. The van der Waals surface area contributed by atoms with Crippen LogP contribution in [0.4, 0.5) is 10.1 Å². The van der Waals surface area contributed by atoms with E-state index in [-0.39, 0.29) is 11.6 Å². The molecule has 1 heterocycles. The van der Waals surface area contributed by atoms with E-state index in [1.54, 1.807) is 18.2 Å². The molecule has 5 nitrogen and oxygen atoms in total. The van der Waals surface area contributed by atoms with Crippen LogP contribution in [0.3, 0.4) is 0 Å². The van der Waals surface area contributed by atoms with Gasteiger partial charge in [-0.25, -0.2) is 4.39 Å². The van der Waals surface area contributed by atoms with Gasteiger partial charge in [0, 0.05) is 16.8 Å². The van der Waals surface area contributed by atoms with Gasteiger partial charge in [-0.15, -0.1) is 0 Å². The average molecular weight is 285 g/mol. The van der Waals surface area contributed by atoms with Crippen LogP contribution in [0.5, 0.6) is 5.75 Å². The number of hydrogen-bond acceptors (Lipinski definition) is 5. The van der Waals surface area contributed by atoms with Crippen LogP contribution in [-0.2, 0) is 0 Å². The number of anilines is 1. The quantitative estimate of drug-likeness (QED) is 0.748. The molecule has 3 aromatic rings. The van der Waals surface area contributed by atoms with E-state index in [4.69, 9.17) is 15.0 Å². The van der Waals surface area contributed by atoms with Gasteiger partial charge >= 0.3 is 0 Å². The summed E-state index contributed by atoms with van der Waals surface area (Å²) in [6.07, 6.45) is 0. The first-order chi connectivity index (χ1) is 10.2. The number of rotatable bonds is 3. The summed E-state index contributed by atoms with van der Waals surface area (Å²) in [5, 5.41) is 3.91. The molecular weight excluding hydrogens is 273 g/mol. The molecule has 6 heteroatoms. The van der Waals surface area contributed by atoms with Gasteiger partial charge in [0.2, 0.25) is 5.82 Å². The molecule has 0 saturated heterocycles. The Hall–Kier alpha value is -2.89. The maximum Gasteiger partial charge on any atom is 0.258 e. The Bertz CT molecular complexity index is 786. The summed E-state index contributed by atoms with van der Waals surface area (Å²) >= 11 is 0. The highest BCUT2D eigenvalue weighted by molar-refractivity contribution is 5.63. The van der Waals surface area contributed by atoms with E-state index in [2.05, 4.69) is 10.1 Å². The lowest BCUT2D eigenvalue weighted by Gasteiger charge is -2.02. The number of ether oxygens (including phenoxy) is 1. The van der Waals surface area contributed by atoms with E-state index < -0.39 is 5.82 Å². The molecule has 2 N–H and O–H groups in total. The van der Waals surface area contributed by atoms with E-state index in [1.807, 2.05) is 12.1 Å². The van der Waals surface area contributed by atoms with Gasteiger partial charge in [0.25, 0.3) is 5.89 Å². The largest absolute Gasteiger partial charge is 0.494 e. The van der Waals surface area contributed by atoms with Gasteiger partial charge in [-0.1, -0.05) is 17.3 Å². The lowest BCUT2D eigenvalue weighted by molar-refractivity contribution is 0.386. The van der Waals surface area contributed by atoms with Crippen molar-refractivity contribution in [1.29, 1.82) is 0 Å². The maximum absolute atomic E-state index is 13.4. The average Bonchev–Trinajstić information content (AvgIpc) is 2.97. The van der Waals surface area contributed by atoms with Crippen molar-refractivity contribution in [3.63, 3.8) is 0 Å². The van der Waals surface area contributed by atoms with Crippen LogP contribution in [0, 0.1) is 5.82 Å². The third-order valence-electron chi connectivity index (χ3n) is 2.97. The van der Waals surface area contributed by atoms with Crippen LogP contribution in [-0.4, -0.2) is 17.3 Å². The molecule has 3 rings (SSSR count). The van der Waals surface area contributed by atoms with E-state index in [0.717, 1.165) is 5.56 Å². The number of hydrogen-bond donors (Lipinski definition) is 1. The number of halogens is 1. The molecule has 0 aliphatic heterocycles. The van der Waals surface area contributed by atoms with Crippen LogP contribution in [0.2, 0.25) is 0 Å². The zero-order valence-corrected chi connectivity index (χ0v) is 11.2. The van der Waals surface area contributed by atoms with Gasteiger partial charge in [-0.05, 0) is 30.3 Å². The fraction of sp³-hybridized carbons (Fsp3) is 0.0667. The zero-order chi connectivity index (χ0) is 14.8. The molecule has 21 heavy (non-hydrogen) atoms. The van der Waals surface area contributed by atoms with E-state index in [1.165, 1.54) is 19.2 Å². The fourth-order valence-electron chi connectivity index (χ4n) is 1.93. The Morgan fingerprint density at radius 1 is 1.14 bits per heavy atom. The monoisotopic (exact) mass is 285 g/mol. The summed E-state index contributed by atoms with van der Waals surface area (Å²) < 4.78 is 23.5. The molecule has 0 bridgehead atoms. The van der Waals surface area contributed by atoms with E-state index in [9.17, 15) is 4.39 Å². The van der Waals surface area contributed by atoms with Crippen molar-refractivity contribution in [3.8, 4) is 28.6 Å². The number of nitrogens with zero attached hydrogens (tertiary/aromatic N) is 2. The number of nitrogens with two attached hydrogens (primary N) is 1. The molecule has 0 spiro atoms. The highest BCUT2D eigenvalue weighted by Crippen LogP contribution is 2.27. The van der Waals surface area contributed by atoms with Gasteiger partial charge in [0.15, 0.2) is 11.6 Å². The summed E-state index contributed by atoms with van der Waals surface area (Å²) in [4.78, 5) is 4.29. The smallest absolute Gasteiger partial charge is 0.258 e. The first-order valence-corrected chi connectivity index (χ1v) is 6.21. The lowest BCUT2D eigenvalue weighted by Crippen LogP contribution is -1.89. The molecule has 0 aliphatic carbocycles. The molecule has 106 valence electrons. The summed E-state index contributed by atoms with van der Waals surface area (Å²) in [5.41, 5.74) is 7.67. The molecule has 0 aliphatic rings. The molecule has 2 aromatic carbocycles. The van der Waals surface area contributed by atoms with Crippen LogP contribution in [0.1, 0.15) is 0 Å². The van der Waals surface area contributed by atoms with Crippen LogP contribution >= 0.6 is 0 Å². The third-order valence-corrected chi connectivity index (χ3v) is 2.97. The second-order valence-corrected chi connectivity index (χ2v) is 4.40. The molecule has 0 saturated carbocycles. The topological polar surface area (TPSA) is 74.2 Å². The Labute approximate surface area is 120 Å². The van der Waals surface area contributed by atoms with Crippen molar-refractivity contribution >= 4 is 5.69 Å². The number of aromatic nitrogens is 2. The third kappa shape index (κ3) is 2.55. The predicted octanol–water partition coefficient (Wildman–Crippen LogP) is 3.13. The molecular formula is C15H12FN3O2. The molecule has 0 atom stereocenters. The fourth-order valence-corrected chi connectivity index (χ4v) is 1.93. The Kier molecular flexibility index (Phi) is 3.27. The van der Waals surface area contributed by atoms with Gasteiger partial charge in [-0.3, -0.25) is 0 Å². The van der Waals surface area contributed by atoms with Crippen molar-refractivity contribution < 1.29 is 13.7 Å². The molecule has 0 radical (unpaired) electrons. The molecule has 0 unspecified atom stereocenters. The highest BCUT2D eigenvalue weighted by atomic mass is 19.1. The molecule has 0 amide bonds. The second-order valence-electron chi connectivity index (χ2n) is 4.40. The summed E-state index contributed by atoms with van der Waals surface area (Å²) in [6.45, 7) is 0. The van der Waals surface area contributed by atoms with Crippen LogP contribution in [0.15, 0.2) is 47.0 Å². The zero-order valence-electron chi connectivity index (χ0n) is 11.2. The van der Waals surface area contributed by atoms with Crippen molar-refractivity contribution in [1.82, 2.24) is 10.1 Å². The Morgan fingerprint density at radius 3 is 2.76 bits per heavy atom. The van der Waals surface area contributed by atoms with Crippen LogP contribution in [0.25, 0.3) is 22.8 Å². The van der Waals surface area contributed by atoms with Crippen molar-refractivity contribution in [3.05, 3.63) is 48.3 Å². The van der Waals surface area contributed by atoms with Gasteiger partial charge in [-0.2, -0.15) is 4.98 Å². The van der Waals surface area contributed by atoms with Crippen molar-refractivity contribution in [2.24, 2.45) is 0 Å².